The van der Waals surface area contributed by atoms with Crippen molar-refractivity contribution in [1.82, 2.24) is 9.78 Å². The van der Waals surface area contributed by atoms with E-state index in [9.17, 15) is 30.8 Å². The summed E-state index contributed by atoms with van der Waals surface area (Å²) < 4.78 is 81.0. The molecule has 0 amide bonds. The van der Waals surface area contributed by atoms with E-state index in [0.717, 1.165) is 47.1 Å². The Balaban J connectivity index is 1.97. The van der Waals surface area contributed by atoms with Gasteiger partial charge in [-0.2, -0.15) is 5.10 Å². The van der Waals surface area contributed by atoms with Crippen molar-refractivity contribution in [2.45, 2.75) is 4.90 Å². The molecule has 1 heterocycles. The number of aromatic nitrogens is 2. The van der Waals surface area contributed by atoms with Crippen LogP contribution in [0.4, 0.5) is 17.6 Å². The molecule has 0 atom stereocenters. The molecular weight excluding hydrogens is 400 g/mol. The van der Waals surface area contributed by atoms with Gasteiger partial charge in [0.1, 0.15) is 39.6 Å². The highest BCUT2D eigenvalue weighted by Crippen LogP contribution is 2.27. The molecule has 28 heavy (non-hydrogen) atoms. The number of sulfone groups is 1. The fraction of sp³-hybridized carbons (Fsp3) is 0.111. The molecule has 3 rings (SSSR count). The van der Waals surface area contributed by atoms with E-state index in [1.807, 2.05) is 0 Å². The highest BCUT2D eigenvalue weighted by molar-refractivity contribution is 7.92. The molecule has 0 unspecified atom stereocenters. The molecule has 0 aliphatic heterocycles. The zero-order valence-electron chi connectivity index (χ0n) is 14.3. The minimum absolute atomic E-state index is 0.103. The summed E-state index contributed by atoms with van der Waals surface area (Å²) in [5.41, 5.74) is -0.964. The minimum atomic E-state index is -4.65. The maximum atomic E-state index is 14.0. The smallest absolute Gasteiger partial charge is 0.198 e. The quantitative estimate of drug-likeness (QED) is 0.476. The van der Waals surface area contributed by atoms with Gasteiger partial charge in [-0.25, -0.2) is 26.0 Å². The molecular formula is C18H12F4N2O3S. The summed E-state index contributed by atoms with van der Waals surface area (Å²) in [6.07, 6.45) is 0. The van der Waals surface area contributed by atoms with Gasteiger partial charge in [-0.15, -0.1) is 0 Å². The maximum Gasteiger partial charge on any atom is 0.198 e. The first kappa shape index (κ1) is 19.7. The zero-order chi connectivity index (χ0) is 20.6. The second kappa shape index (κ2) is 7.19. The number of nitrogens with zero attached hydrogens (tertiary/aromatic N) is 2. The van der Waals surface area contributed by atoms with Crippen LogP contribution in [-0.4, -0.2) is 29.7 Å². The molecule has 0 bridgehead atoms. The van der Waals surface area contributed by atoms with E-state index in [-0.39, 0.29) is 5.69 Å². The Morgan fingerprint density at radius 2 is 1.46 bits per heavy atom. The van der Waals surface area contributed by atoms with Crippen molar-refractivity contribution < 1.29 is 30.8 Å². The molecule has 146 valence electrons. The molecule has 5 nitrogen and oxygen atoms in total. The predicted octanol–water partition coefficient (Wildman–Crippen LogP) is 3.30. The fourth-order valence-corrected chi connectivity index (χ4v) is 4.05. The molecule has 0 N–H and O–H groups in total. The summed E-state index contributed by atoms with van der Waals surface area (Å²) in [5, 5.41) is 3.77. The van der Waals surface area contributed by atoms with Crippen LogP contribution in [0.5, 0.6) is 0 Å². The molecule has 0 fully saturated rings. The van der Waals surface area contributed by atoms with Crippen LogP contribution in [0.15, 0.2) is 47.4 Å². The summed E-state index contributed by atoms with van der Waals surface area (Å²) in [4.78, 5) is 11.1. The van der Waals surface area contributed by atoms with Crippen molar-refractivity contribution in [3.05, 3.63) is 71.4 Å². The van der Waals surface area contributed by atoms with E-state index < -0.39 is 60.8 Å². The predicted molar refractivity (Wildman–Crippen MR) is 91.3 cm³/mol. The molecule has 1 aromatic heterocycles. The lowest BCUT2D eigenvalue weighted by molar-refractivity contribution is 0.101. The van der Waals surface area contributed by atoms with Gasteiger partial charge in [0.25, 0.3) is 0 Å². The monoisotopic (exact) mass is 412 g/mol. The lowest BCUT2D eigenvalue weighted by Gasteiger charge is -2.05. The Bertz CT molecular complexity index is 1150. The van der Waals surface area contributed by atoms with Crippen LogP contribution in [0.1, 0.15) is 10.5 Å². The molecule has 0 saturated carbocycles. The number of halogens is 4. The largest absolute Gasteiger partial charge is 0.291 e. The minimum Gasteiger partial charge on any atom is -0.291 e. The number of hydrogen-bond acceptors (Lipinski definition) is 4. The third-order valence-corrected chi connectivity index (χ3v) is 5.59. The van der Waals surface area contributed by atoms with Crippen LogP contribution in [-0.2, 0) is 16.9 Å². The van der Waals surface area contributed by atoms with E-state index in [4.69, 9.17) is 0 Å². The maximum absolute atomic E-state index is 14.0. The second-order valence-corrected chi connectivity index (χ2v) is 7.79. The van der Waals surface area contributed by atoms with E-state index in [1.54, 1.807) is 0 Å². The van der Waals surface area contributed by atoms with Gasteiger partial charge < -0.3 is 0 Å². The van der Waals surface area contributed by atoms with Crippen molar-refractivity contribution in [2.75, 3.05) is 5.75 Å². The van der Waals surface area contributed by atoms with E-state index in [0.29, 0.717) is 0 Å². The highest BCUT2D eigenvalue weighted by Gasteiger charge is 2.29. The summed E-state index contributed by atoms with van der Waals surface area (Å²) >= 11 is 0. The van der Waals surface area contributed by atoms with Gasteiger partial charge in [0.05, 0.1) is 11.3 Å². The van der Waals surface area contributed by atoms with Gasteiger partial charge in [-0.3, -0.25) is 9.48 Å². The number of benzene rings is 2. The Kier molecular flexibility index (Phi) is 5.07. The van der Waals surface area contributed by atoms with Crippen LogP contribution >= 0.6 is 0 Å². The number of hydrogen-bond donors (Lipinski definition) is 0. The number of carbonyl (C=O) groups excluding carboxylic acids is 1. The molecule has 0 saturated heterocycles. The van der Waals surface area contributed by atoms with Crippen LogP contribution in [0.3, 0.4) is 0 Å². The Labute approximate surface area is 157 Å². The summed E-state index contributed by atoms with van der Waals surface area (Å²) in [5.74, 6) is -6.81. The van der Waals surface area contributed by atoms with Crippen molar-refractivity contribution in [3.8, 4) is 11.3 Å². The number of aryl methyl sites for hydroxylation is 1. The Hall–Kier alpha value is -3.01. The molecule has 3 aromatic rings. The Morgan fingerprint density at radius 1 is 0.964 bits per heavy atom. The highest BCUT2D eigenvalue weighted by atomic mass is 32.2. The molecule has 0 aliphatic carbocycles. The van der Waals surface area contributed by atoms with Crippen LogP contribution in [0.25, 0.3) is 11.3 Å². The topological polar surface area (TPSA) is 69.0 Å². The van der Waals surface area contributed by atoms with Gasteiger partial charge in [0, 0.05) is 7.05 Å². The van der Waals surface area contributed by atoms with E-state index in [2.05, 4.69) is 5.10 Å². The summed E-state index contributed by atoms with van der Waals surface area (Å²) in [6.45, 7) is 0. The molecule has 2 aromatic carbocycles. The van der Waals surface area contributed by atoms with Gasteiger partial charge in [0.2, 0.25) is 0 Å². The number of ketones is 1. The third-order valence-electron chi connectivity index (χ3n) is 3.94. The number of rotatable bonds is 5. The van der Waals surface area contributed by atoms with Gasteiger partial charge in [-0.05, 0) is 30.3 Å². The fourth-order valence-electron chi connectivity index (χ4n) is 2.68. The average molecular weight is 412 g/mol. The lowest BCUT2D eigenvalue weighted by atomic mass is 10.1. The first-order valence-corrected chi connectivity index (χ1v) is 9.45. The van der Waals surface area contributed by atoms with Crippen molar-refractivity contribution in [1.29, 1.82) is 0 Å². The average Bonchev–Trinajstić information content (AvgIpc) is 2.96. The van der Waals surface area contributed by atoms with E-state index >= 15 is 0 Å². The number of carbonyl (C=O) groups is 1. The standard InChI is InChI=1S/C18H12F4N2O3S/c1-24-15(17-10(19)4-2-5-11(17)20)8-14(23-24)16(25)9-28(26,27)18-12(21)6-3-7-13(18)22/h2-8H,9H2,1H3. The van der Waals surface area contributed by atoms with Gasteiger partial charge >= 0.3 is 0 Å². The molecule has 10 heteroatoms. The second-order valence-electron chi connectivity index (χ2n) is 5.87. The SMILES string of the molecule is Cn1nc(C(=O)CS(=O)(=O)c2c(F)cccc2F)cc1-c1c(F)cccc1F. The Morgan fingerprint density at radius 3 is 2.00 bits per heavy atom. The van der Waals surface area contributed by atoms with Crippen LogP contribution < -0.4 is 0 Å². The molecule has 0 aliphatic rings. The van der Waals surface area contributed by atoms with Gasteiger partial charge in [0.15, 0.2) is 15.6 Å². The van der Waals surface area contributed by atoms with Crippen molar-refractivity contribution in [3.63, 3.8) is 0 Å². The zero-order valence-corrected chi connectivity index (χ0v) is 15.1. The third kappa shape index (κ3) is 3.55. The normalized spacial score (nSPS) is 11.6. The van der Waals surface area contributed by atoms with Crippen molar-refractivity contribution >= 4 is 15.6 Å². The molecule has 0 spiro atoms. The molecule has 0 radical (unpaired) electrons. The van der Waals surface area contributed by atoms with Crippen LogP contribution in [0, 0.1) is 23.3 Å². The first-order valence-electron chi connectivity index (χ1n) is 7.80. The van der Waals surface area contributed by atoms with Gasteiger partial charge in [-0.1, -0.05) is 12.1 Å². The number of Topliss-reactive ketones (excluding diaryl/α,β-unsaturated/α-hetero) is 1. The van der Waals surface area contributed by atoms with Crippen molar-refractivity contribution in [2.24, 2.45) is 7.05 Å². The first-order chi connectivity index (χ1) is 13.1. The van der Waals surface area contributed by atoms with E-state index in [1.165, 1.54) is 7.05 Å². The lowest BCUT2D eigenvalue weighted by Crippen LogP contribution is -2.19. The summed E-state index contributed by atoms with van der Waals surface area (Å²) in [6, 6.07) is 6.68. The van der Waals surface area contributed by atoms with Crippen LogP contribution in [0.2, 0.25) is 0 Å². The summed E-state index contributed by atoms with van der Waals surface area (Å²) in [7, 11) is -3.34.